The number of furan rings is 1. The van der Waals surface area contributed by atoms with Gasteiger partial charge in [0.1, 0.15) is 0 Å². The van der Waals surface area contributed by atoms with Crippen molar-refractivity contribution in [1.29, 1.82) is 0 Å². The number of hydrogen-bond acceptors (Lipinski definition) is 3. The van der Waals surface area contributed by atoms with E-state index in [-0.39, 0.29) is 5.75 Å². The van der Waals surface area contributed by atoms with E-state index in [1.165, 1.54) is 4.31 Å². The Bertz CT molecular complexity index is 440. The first-order chi connectivity index (χ1) is 7.08. The Morgan fingerprint density at radius 3 is 2.87 bits per heavy atom. The molecule has 1 aliphatic heterocycles. The Hall–Kier alpha value is -0.330. The second-order valence-electron chi connectivity index (χ2n) is 3.62. The molecule has 0 amide bonds. The van der Waals surface area contributed by atoms with E-state index in [0.717, 1.165) is 18.4 Å². The molecular formula is C9H12BrNO3S. The first-order valence-electron chi connectivity index (χ1n) is 4.79. The molecule has 2 rings (SSSR count). The van der Waals surface area contributed by atoms with Crippen LogP contribution in [0.1, 0.15) is 18.4 Å². The molecule has 1 aromatic rings. The quantitative estimate of drug-likeness (QED) is 0.838. The maximum Gasteiger partial charge on any atom is 0.214 e. The number of hydrogen-bond donors (Lipinski definition) is 0. The molecule has 15 heavy (non-hydrogen) atoms. The summed E-state index contributed by atoms with van der Waals surface area (Å²) in [5.74, 6) is 0.270. The first-order valence-corrected chi connectivity index (χ1v) is 7.19. The van der Waals surface area contributed by atoms with Crippen molar-refractivity contribution in [2.24, 2.45) is 0 Å². The van der Waals surface area contributed by atoms with Crippen LogP contribution in [0.3, 0.4) is 0 Å². The van der Waals surface area contributed by atoms with Gasteiger partial charge in [-0.3, -0.25) is 0 Å². The van der Waals surface area contributed by atoms with E-state index in [4.69, 9.17) is 4.42 Å². The summed E-state index contributed by atoms with van der Waals surface area (Å²) in [5.41, 5.74) is 0.882. The summed E-state index contributed by atoms with van der Waals surface area (Å²) in [7, 11) is -3.04. The molecule has 4 nitrogen and oxygen atoms in total. The zero-order valence-electron chi connectivity index (χ0n) is 8.15. The molecule has 1 aliphatic rings. The largest absolute Gasteiger partial charge is 0.457 e. The minimum absolute atomic E-state index is 0.270. The molecule has 0 aliphatic carbocycles. The Kier molecular flexibility index (Phi) is 3.18. The molecule has 1 saturated heterocycles. The van der Waals surface area contributed by atoms with Crippen LogP contribution in [0.15, 0.2) is 21.4 Å². The molecule has 0 N–H and O–H groups in total. The van der Waals surface area contributed by atoms with Crippen LogP contribution in [0.2, 0.25) is 0 Å². The maximum atomic E-state index is 11.7. The molecule has 84 valence electrons. The van der Waals surface area contributed by atoms with Gasteiger partial charge in [-0.25, -0.2) is 8.42 Å². The van der Waals surface area contributed by atoms with Crippen LogP contribution in [0.25, 0.3) is 0 Å². The van der Waals surface area contributed by atoms with Gasteiger partial charge in [0.05, 0.1) is 12.0 Å². The highest BCUT2D eigenvalue weighted by molar-refractivity contribution is 9.10. The summed E-state index contributed by atoms with van der Waals surface area (Å²) in [5, 5.41) is 0. The van der Waals surface area contributed by atoms with Crippen LogP contribution in [-0.4, -0.2) is 25.0 Å². The third-order valence-corrected chi connectivity index (χ3v) is 4.75. The molecule has 0 bridgehead atoms. The van der Waals surface area contributed by atoms with Gasteiger partial charge in [-0.15, -0.1) is 0 Å². The van der Waals surface area contributed by atoms with Crippen molar-refractivity contribution < 1.29 is 12.8 Å². The van der Waals surface area contributed by atoms with Gasteiger partial charge < -0.3 is 4.42 Å². The molecule has 0 aromatic carbocycles. The first kappa shape index (κ1) is 11.2. The standard InChI is InChI=1S/C9H12BrNO3S/c10-9-5-8(7-14-9)6-11-3-1-2-4-15(11,12)13/h5,7H,1-4,6H2. The number of nitrogens with zero attached hydrogens (tertiary/aromatic N) is 1. The Morgan fingerprint density at radius 1 is 1.47 bits per heavy atom. The lowest BCUT2D eigenvalue weighted by Gasteiger charge is -2.25. The van der Waals surface area contributed by atoms with Crippen LogP contribution < -0.4 is 0 Å². The number of halogens is 1. The predicted molar refractivity (Wildman–Crippen MR) is 59.8 cm³/mol. The van der Waals surface area contributed by atoms with Crippen LogP contribution in [0.5, 0.6) is 0 Å². The van der Waals surface area contributed by atoms with Crippen molar-refractivity contribution in [3.8, 4) is 0 Å². The summed E-state index contributed by atoms with van der Waals surface area (Å²) in [6.45, 7) is 1.03. The SMILES string of the molecule is O=S1(=O)CCCCN1Cc1coc(Br)c1. The summed E-state index contributed by atoms with van der Waals surface area (Å²) in [4.78, 5) is 0. The summed E-state index contributed by atoms with van der Waals surface area (Å²) >= 11 is 3.19. The van der Waals surface area contributed by atoms with Crippen LogP contribution in [0, 0.1) is 0 Å². The highest BCUT2D eigenvalue weighted by Gasteiger charge is 2.25. The van der Waals surface area contributed by atoms with Gasteiger partial charge >= 0.3 is 0 Å². The molecule has 1 fully saturated rings. The predicted octanol–water partition coefficient (Wildman–Crippen LogP) is 1.97. The summed E-state index contributed by atoms with van der Waals surface area (Å²) < 4.78 is 30.6. The minimum Gasteiger partial charge on any atom is -0.457 e. The monoisotopic (exact) mass is 293 g/mol. The number of sulfonamides is 1. The van der Waals surface area contributed by atoms with Crippen molar-refractivity contribution in [2.45, 2.75) is 19.4 Å². The lowest BCUT2D eigenvalue weighted by atomic mass is 10.3. The van der Waals surface area contributed by atoms with Gasteiger partial charge in [-0.1, -0.05) is 0 Å². The normalized spacial score (nSPS) is 21.7. The van der Waals surface area contributed by atoms with Crippen molar-refractivity contribution in [3.63, 3.8) is 0 Å². The van der Waals surface area contributed by atoms with Gasteiger partial charge in [-0.05, 0) is 34.8 Å². The van der Waals surface area contributed by atoms with Gasteiger partial charge in [-0.2, -0.15) is 4.31 Å². The van der Waals surface area contributed by atoms with Crippen molar-refractivity contribution in [2.75, 3.05) is 12.3 Å². The highest BCUT2D eigenvalue weighted by Crippen LogP contribution is 2.20. The molecule has 0 atom stereocenters. The second-order valence-corrected chi connectivity index (χ2v) is 6.49. The molecular weight excluding hydrogens is 282 g/mol. The summed E-state index contributed by atoms with van der Waals surface area (Å²) in [6, 6.07) is 1.80. The highest BCUT2D eigenvalue weighted by atomic mass is 79.9. The van der Waals surface area contributed by atoms with Crippen molar-refractivity contribution in [1.82, 2.24) is 4.31 Å². The van der Waals surface area contributed by atoms with E-state index in [1.54, 1.807) is 12.3 Å². The smallest absolute Gasteiger partial charge is 0.214 e. The lowest BCUT2D eigenvalue weighted by Crippen LogP contribution is -2.37. The van der Waals surface area contributed by atoms with Crippen molar-refractivity contribution >= 4 is 26.0 Å². The average molecular weight is 294 g/mol. The molecule has 0 saturated carbocycles. The third-order valence-electron chi connectivity index (χ3n) is 2.43. The van der Waals surface area contributed by atoms with E-state index in [1.807, 2.05) is 0 Å². The fraction of sp³-hybridized carbons (Fsp3) is 0.556. The van der Waals surface area contributed by atoms with Gasteiger partial charge in [0.25, 0.3) is 0 Å². The van der Waals surface area contributed by atoms with E-state index >= 15 is 0 Å². The van der Waals surface area contributed by atoms with Gasteiger partial charge in [0, 0.05) is 18.7 Å². The molecule has 0 spiro atoms. The topological polar surface area (TPSA) is 50.5 Å². The van der Waals surface area contributed by atoms with Crippen molar-refractivity contribution in [3.05, 3.63) is 22.6 Å². The Balaban J connectivity index is 2.11. The zero-order valence-corrected chi connectivity index (χ0v) is 10.6. The van der Waals surface area contributed by atoms with Gasteiger partial charge in [0.15, 0.2) is 4.67 Å². The molecule has 2 heterocycles. The number of rotatable bonds is 2. The van der Waals surface area contributed by atoms with Gasteiger partial charge in [0.2, 0.25) is 10.0 Å². The van der Waals surface area contributed by atoms with E-state index in [9.17, 15) is 8.42 Å². The third kappa shape index (κ3) is 2.62. The second kappa shape index (κ2) is 4.27. The average Bonchev–Trinajstić information content (AvgIpc) is 2.55. The fourth-order valence-corrected chi connectivity index (χ4v) is 3.62. The minimum atomic E-state index is -3.04. The maximum absolute atomic E-state index is 11.7. The Morgan fingerprint density at radius 2 is 2.27 bits per heavy atom. The van der Waals surface area contributed by atoms with Crippen LogP contribution in [0.4, 0.5) is 0 Å². The fourth-order valence-electron chi connectivity index (χ4n) is 1.65. The zero-order chi connectivity index (χ0) is 10.9. The van der Waals surface area contributed by atoms with Crippen LogP contribution >= 0.6 is 15.9 Å². The lowest BCUT2D eigenvalue weighted by molar-refractivity contribution is 0.377. The molecule has 0 unspecified atom stereocenters. The molecule has 6 heteroatoms. The molecule has 0 radical (unpaired) electrons. The Labute approximate surface area is 97.4 Å². The van der Waals surface area contributed by atoms with E-state index in [2.05, 4.69) is 15.9 Å². The summed E-state index contributed by atoms with van der Waals surface area (Å²) in [6.07, 6.45) is 3.29. The molecule has 1 aromatic heterocycles. The van der Waals surface area contributed by atoms with E-state index < -0.39 is 10.0 Å². The van der Waals surface area contributed by atoms with Crippen LogP contribution in [-0.2, 0) is 16.6 Å². The van der Waals surface area contributed by atoms with E-state index in [0.29, 0.717) is 17.8 Å².